The standard InChI is InChI=1S/C19H25Cl2NO7S/c1-10(27-12(3)24)17(9-26-11(2)23)29-19(16(8-22)28-13(4)25)30-18-7-14(20)5-6-15(18)21/h5-7,10,16-17,19H,8-9,22H2,1-4H3/t10-,16+,17?,19?/m1/s1. The van der Waals surface area contributed by atoms with Gasteiger partial charge in [-0.15, -0.1) is 0 Å². The summed E-state index contributed by atoms with van der Waals surface area (Å²) in [6.45, 7) is 5.08. The molecule has 30 heavy (non-hydrogen) atoms. The van der Waals surface area contributed by atoms with Crippen LogP contribution in [-0.2, 0) is 33.3 Å². The second-order valence-electron chi connectivity index (χ2n) is 6.24. The zero-order valence-electron chi connectivity index (χ0n) is 17.1. The van der Waals surface area contributed by atoms with Crippen molar-refractivity contribution in [3.05, 3.63) is 28.2 Å². The average molecular weight is 482 g/mol. The molecule has 0 radical (unpaired) electrons. The molecule has 0 fully saturated rings. The summed E-state index contributed by atoms with van der Waals surface area (Å²) in [5.74, 6) is -1.62. The van der Waals surface area contributed by atoms with E-state index in [9.17, 15) is 14.4 Å². The van der Waals surface area contributed by atoms with E-state index in [1.165, 1.54) is 20.8 Å². The molecule has 11 heteroatoms. The monoisotopic (exact) mass is 481 g/mol. The van der Waals surface area contributed by atoms with Gasteiger partial charge in [-0.25, -0.2) is 0 Å². The Morgan fingerprint density at radius 1 is 1.03 bits per heavy atom. The van der Waals surface area contributed by atoms with Gasteiger partial charge in [0, 0.05) is 37.2 Å². The first kappa shape index (κ1) is 26.5. The molecule has 0 aliphatic carbocycles. The molecule has 0 bridgehead atoms. The van der Waals surface area contributed by atoms with Crippen molar-refractivity contribution in [3.8, 4) is 0 Å². The molecular formula is C19H25Cl2NO7S. The summed E-state index contributed by atoms with van der Waals surface area (Å²) in [4.78, 5) is 34.8. The van der Waals surface area contributed by atoms with E-state index in [4.69, 9.17) is 47.9 Å². The van der Waals surface area contributed by atoms with Gasteiger partial charge in [-0.05, 0) is 25.1 Å². The number of halogens is 2. The molecule has 168 valence electrons. The number of carbonyl (C=O) groups excluding carboxylic acids is 3. The van der Waals surface area contributed by atoms with E-state index >= 15 is 0 Å². The smallest absolute Gasteiger partial charge is 0.303 e. The number of ether oxygens (including phenoxy) is 4. The molecule has 8 nitrogen and oxygen atoms in total. The summed E-state index contributed by atoms with van der Waals surface area (Å²) in [7, 11) is 0. The highest BCUT2D eigenvalue weighted by molar-refractivity contribution is 8.00. The summed E-state index contributed by atoms with van der Waals surface area (Å²) in [6, 6.07) is 4.87. The predicted octanol–water partition coefficient (Wildman–Crippen LogP) is 3.20. The number of nitrogens with two attached hydrogens (primary N) is 1. The lowest BCUT2D eigenvalue weighted by molar-refractivity contribution is -0.169. The molecule has 0 saturated carbocycles. The molecule has 1 aromatic rings. The third-order valence-corrected chi connectivity index (χ3v) is 5.54. The summed E-state index contributed by atoms with van der Waals surface area (Å²) in [6.07, 6.45) is -2.50. The van der Waals surface area contributed by atoms with E-state index in [1.54, 1.807) is 25.1 Å². The molecule has 0 aromatic heterocycles. The van der Waals surface area contributed by atoms with Crippen molar-refractivity contribution in [3.63, 3.8) is 0 Å². The minimum atomic E-state index is -0.869. The Labute approximate surface area is 189 Å². The van der Waals surface area contributed by atoms with Crippen LogP contribution < -0.4 is 5.73 Å². The van der Waals surface area contributed by atoms with Crippen molar-refractivity contribution in [2.24, 2.45) is 5.73 Å². The van der Waals surface area contributed by atoms with E-state index in [-0.39, 0.29) is 13.2 Å². The van der Waals surface area contributed by atoms with Crippen LogP contribution in [0.25, 0.3) is 0 Å². The van der Waals surface area contributed by atoms with Crippen molar-refractivity contribution in [2.45, 2.75) is 56.3 Å². The maximum atomic E-state index is 11.5. The zero-order chi connectivity index (χ0) is 22.8. The molecule has 0 amide bonds. The number of hydrogen-bond donors (Lipinski definition) is 1. The van der Waals surface area contributed by atoms with E-state index < -0.39 is 41.7 Å². The molecular weight excluding hydrogens is 457 g/mol. The fourth-order valence-electron chi connectivity index (χ4n) is 2.31. The molecule has 1 rings (SSSR count). The SMILES string of the molecule is CC(=O)OCC(OC(Sc1cc(Cl)ccc1Cl)[C@H](CN)OC(C)=O)[C@@H](C)OC(C)=O. The van der Waals surface area contributed by atoms with Gasteiger partial charge >= 0.3 is 17.9 Å². The van der Waals surface area contributed by atoms with Crippen LogP contribution in [0.5, 0.6) is 0 Å². The topological polar surface area (TPSA) is 114 Å². The second-order valence-corrected chi connectivity index (χ2v) is 8.22. The van der Waals surface area contributed by atoms with Gasteiger partial charge in [-0.2, -0.15) is 0 Å². The second kappa shape index (κ2) is 13.0. The third kappa shape index (κ3) is 9.53. The van der Waals surface area contributed by atoms with Crippen LogP contribution in [-0.4, -0.2) is 54.8 Å². The lowest BCUT2D eigenvalue weighted by Gasteiger charge is -2.31. The van der Waals surface area contributed by atoms with Gasteiger partial charge in [-0.1, -0.05) is 35.0 Å². The minimum absolute atomic E-state index is 0.0579. The number of thioether (sulfide) groups is 1. The zero-order valence-corrected chi connectivity index (χ0v) is 19.4. The van der Waals surface area contributed by atoms with Gasteiger partial charge in [0.25, 0.3) is 0 Å². The lowest BCUT2D eigenvalue weighted by Crippen LogP contribution is -2.44. The van der Waals surface area contributed by atoms with Crippen molar-refractivity contribution in [1.82, 2.24) is 0 Å². The Morgan fingerprint density at radius 2 is 1.67 bits per heavy atom. The molecule has 0 aliphatic rings. The van der Waals surface area contributed by atoms with E-state index in [1.807, 2.05) is 0 Å². The van der Waals surface area contributed by atoms with Gasteiger partial charge in [0.1, 0.15) is 30.4 Å². The number of hydrogen-bond acceptors (Lipinski definition) is 9. The fraction of sp³-hybridized carbons (Fsp3) is 0.526. The Bertz CT molecular complexity index is 750. The number of carbonyl (C=O) groups is 3. The molecule has 0 saturated heterocycles. The van der Waals surface area contributed by atoms with E-state index in [0.29, 0.717) is 14.9 Å². The van der Waals surface area contributed by atoms with Crippen LogP contribution in [0.1, 0.15) is 27.7 Å². The highest BCUT2D eigenvalue weighted by Crippen LogP contribution is 2.35. The third-order valence-electron chi connectivity index (χ3n) is 3.62. The first-order chi connectivity index (χ1) is 14.0. The van der Waals surface area contributed by atoms with Crippen LogP contribution in [0.15, 0.2) is 23.1 Å². The molecule has 0 aliphatic heterocycles. The quantitative estimate of drug-likeness (QED) is 0.220. The fourth-order valence-corrected chi connectivity index (χ4v) is 3.94. The summed E-state index contributed by atoms with van der Waals surface area (Å²) < 4.78 is 21.6. The lowest BCUT2D eigenvalue weighted by atomic mass is 10.2. The van der Waals surface area contributed by atoms with Crippen molar-refractivity contribution < 1.29 is 33.3 Å². The first-order valence-electron chi connectivity index (χ1n) is 8.98. The maximum absolute atomic E-state index is 11.5. The van der Waals surface area contributed by atoms with E-state index in [2.05, 4.69) is 0 Å². The number of rotatable bonds is 11. The molecule has 0 spiro atoms. The van der Waals surface area contributed by atoms with Crippen LogP contribution in [0.2, 0.25) is 10.0 Å². The number of benzene rings is 1. The Balaban J connectivity index is 3.19. The van der Waals surface area contributed by atoms with Crippen molar-refractivity contribution >= 4 is 52.9 Å². The highest BCUT2D eigenvalue weighted by Gasteiger charge is 2.33. The predicted molar refractivity (Wildman–Crippen MR) is 113 cm³/mol. The molecule has 2 unspecified atom stereocenters. The van der Waals surface area contributed by atoms with Crippen LogP contribution in [0.4, 0.5) is 0 Å². The van der Waals surface area contributed by atoms with Gasteiger partial charge in [-0.3, -0.25) is 14.4 Å². The Kier molecular flexibility index (Phi) is 11.5. The molecule has 1 aromatic carbocycles. The average Bonchev–Trinajstić information content (AvgIpc) is 2.64. The van der Waals surface area contributed by atoms with Crippen molar-refractivity contribution in [1.29, 1.82) is 0 Å². The number of esters is 3. The Morgan fingerprint density at radius 3 is 2.20 bits per heavy atom. The normalized spacial score (nSPS) is 14.9. The molecule has 2 N–H and O–H groups in total. The maximum Gasteiger partial charge on any atom is 0.303 e. The van der Waals surface area contributed by atoms with Gasteiger partial charge in [0.05, 0.1) is 5.02 Å². The summed E-state index contributed by atoms with van der Waals surface area (Å²) in [5.41, 5.74) is 4.93. The van der Waals surface area contributed by atoms with Crippen LogP contribution >= 0.6 is 35.0 Å². The van der Waals surface area contributed by atoms with E-state index in [0.717, 1.165) is 11.8 Å². The van der Waals surface area contributed by atoms with Crippen LogP contribution in [0, 0.1) is 0 Å². The van der Waals surface area contributed by atoms with Crippen LogP contribution in [0.3, 0.4) is 0 Å². The highest BCUT2D eigenvalue weighted by atomic mass is 35.5. The van der Waals surface area contributed by atoms with Crippen molar-refractivity contribution in [2.75, 3.05) is 13.2 Å². The first-order valence-corrected chi connectivity index (χ1v) is 10.6. The summed E-state index contributed by atoms with van der Waals surface area (Å²) in [5, 5.41) is 0.850. The van der Waals surface area contributed by atoms with Gasteiger partial charge in [0.15, 0.2) is 0 Å². The van der Waals surface area contributed by atoms with Gasteiger partial charge < -0.3 is 24.7 Å². The largest absolute Gasteiger partial charge is 0.463 e. The Hall–Kier alpha value is -1.52. The molecule has 0 heterocycles. The minimum Gasteiger partial charge on any atom is -0.463 e. The van der Waals surface area contributed by atoms with Gasteiger partial charge in [0.2, 0.25) is 0 Å². The summed E-state index contributed by atoms with van der Waals surface area (Å²) >= 11 is 13.4. The molecule has 4 atom stereocenters.